The van der Waals surface area contributed by atoms with E-state index in [-0.39, 0.29) is 24.8 Å². The predicted molar refractivity (Wildman–Crippen MR) is 123 cm³/mol. The van der Waals surface area contributed by atoms with Crippen molar-refractivity contribution < 1.29 is 14.3 Å². The van der Waals surface area contributed by atoms with Crippen molar-refractivity contribution in [2.75, 3.05) is 13.1 Å². The monoisotopic (exact) mass is 523 g/mol. The number of hydrogen-bond acceptors (Lipinski definition) is 8. The minimum atomic E-state index is -2.41. The third kappa shape index (κ3) is 8.06. The predicted octanol–water partition coefficient (Wildman–Crippen LogP) is 1.76. The molecule has 2 N–H and O–H groups in total. The third-order valence-corrected chi connectivity index (χ3v) is 9.99. The summed E-state index contributed by atoms with van der Waals surface area (Å²) in [7, 11) is 0. The van der Waals surface area contributed by atoms with Crippen LogP contribution in [-0.4, -0.2) is 65.9 Å². The second kappa shape index (κ2) is 9.91. The Bertz CT molecular complexity index is 853. The number of hydrazone groups is 2. The number of nitrogens with one attached hydrogen (secondary N) is 2. The number of ketones is 1. The van der Waals surface area contributed by atoms with Crippen molar-refractivity contribution in [3.63, 3.8) is 0 Å². The Morgan fingerprint density at radius 3 is 2.37 bits per heavy atom. The van der Waals surface area contributed by atoms with E-state index in [4.69, 9.17) is 4.74 Å². The Morgan fingerprint density at radius 1 is 1.13 bits per heavy atom. The fourth-order valence-electron chi connectivity index (χ4n) is 3.02. The summed E-state index contributed by atoms with van der Waals surface area (Å²) in [6, 6.07) is 6.39. The molecule has 0 saturated heterocycles. The molecule has 0 saturated carbocycles. The fraction of sp³-hybridized carbons (Fsp3) is 0.524. The average molecular weight is 522 g/mol. The van der Waals surface area contributed by atoms with Gasteiger partial charge in [-0.15, -0.1) is 0 Å². The molecule has 1 aliphatic heterocycles. The number of nitrogens with zero attached hydrogens (tertiary/aromatic N) is 3. The van der Waals surface area contributed by atoms with Gasteiger partial charge in [0.15, 0.2) is 0 Å². The van der Waals surface area contributed by atoms with Crippen LogP contribution in [0.5, 0.6) is 0 Å². The van der Waals surface area contributed by atoms with Gasteiger partial charge in [-0.3, -0.25) is 0 Å². The van der Waals surface area contributed by atoms with Gasteiger partial charge in [-0.1, -0.05) is 0 Å². The number of carbonyl (C=O) groups is 2. The maximum absolute atomic E-state index is 12.4. The van der Waals surface area contributed by atoms with Gasteiger partial charge in [0.05, 0.1) is 0 Å². The van der Waals surface area contributed by atoms with Crippen LogP contribution in [0.1, 0.15) is 38.8 Å². The Morgan fingerprint density at radius 2 is 1.83 bits per heavy atom. The molecule has 2 rings (SSSR count). The Balaban J connectivity index is 2.32. The van der Waals surface area contributed by atoms with Gasteiger partial charge in [-0.25, -0.2) is 0 Å². The van der Waals surface area contributed by atoms with E-state index in [1.54, 1.807) is 0 Å². The molecule has 0 bridgehead atoms. The summed E-state index contributed by atoms with van der Waals surface area (Å²) in [5.41, 5.74) is 7.07. The Labute approximate surface area is 183 Å². The van der Waals surface area contributed by atoms with Crippen LogP contribution in [0.25, 0.3) is 0 Å². The SMILES string of the molecule is CC(=O)CN(CC(=O)OC(C)(C)C)Cc1cc(C2=NNC=NN2)c[c]([Sn]([CH3])([CH3])[CH3])c1. The zero-order valence-corrected chi connectivity index (χ0v) is 21.9. The van der Waals surface area contributed by atoms with Crippen molar-refractivity contribution in [2.24, 2.45) is 10.2 Å². The van der Waals surface area contributed by atoms with Gasteiger partial charge < -0.3 is 0 Å². The van der Waals surface area contributed by atoms with E-state index in [0.29, 0.717) is 12.4 Å². The molecular weight excluding hydrogens is 489 g/mol. The molecule has 0 atom stereocenters. The number of carbonyl (C=O) groups excluding carboxylic acids is 2. The molecule has 1 aliphatic rings. The molecule has 0 unspecified atom stereocenters. The summed E-state index contributed by atoms with van der Waals surface area (Å²) in [6.45, 7) is 7.73. The molecule has 0 fully saturated rings. The molecular formula is C21H33N5O3Sn. The van der Waals surface area contributed by atoms with Gasteiger partial charge in [0.25, 0.3) is 0 Å². The van der Waals surface area contributed by atoms with Gasteiger partial charge in [0.2, 0.25) is 0 Å². The first kappa shape index (κ1) is 24.3. The summed E-state index contributed by atoms with van der Waals surface area (Å²) in [5, 5.41) is 8.28. The van der Waals surface area contributed by atoms with E-state index in [2.05, 4.69) is 48.0 Å². The number of esters is 1. The van der Waals surface area contributed by atoms with E-state index in [1.165, 1.54) is 16.8 Å². The molecule has 8 nitrogen and oxygen atoms in total. The average Bonchev–Trinajstić information content (AvgIpc) is 2.59. The molecule has 0 aromatic heterocycles. The van der Waals surface area contributed by atoms with E-state index in [0.717, 1.165) is 11.1 Å². The molecule has 1 heterocycles. The van der Waals surface area contributed by atoms with E-state index < -0.39 is 24.0 Å². The molecule has 1 aromatic carbocycles. The molecule has 0 spiro atoms. The molecule has 0 aliphatic carbocycles. The second-order valence-corrected chi connectivity index (χ2v) is 24.1. The van der Waals surface area contributed by atoms with Crippen LogP contribution < -0.4 is 14.4 Å². The van der Waals surface area contributed by atoms with Crippen molar-refractivity contribution in [1.29, 1.82) is 0 Å². The number of rotatable bonds is 8. The summed E-state index contributed by atoms with van der Waals surface area (Å²) in [4.78, 5) is 33.0. The van der Waals surface area contributed by atoms with E-state index >= 15 is 0 Å². The van der Waals surface area contributed by atoms with Crippen LogP contribution in [-0.2, 0) is 20.9 Å². The standard InChI is InChI=1S/C18H24N5O3.3CH3.Sn/c1-13(24)9-23(11-16(25)26-18(2,3)4)10-14-6-5-7-15(8-14)17-21-19-12-20-22-17;;;;/h6-8,12H,9-11H2,1-4H3,(H,19,20)(H,21,22);3*1H3;. The molecule has 30 heavy (non-hydrogen) atoms. The summed E-state index contributed by atoms with van der Waals surface area (Å²) >= 11 is -2.41. The van der Waals surface area contributed by atoms with Gasteiger partial charge in [-0.2, -0.15) is 0 Å². The summed E-state index contributed by atoms with van der Waals surface area (Å²) in [5.74, 6) is 0.301. The normalized spacial score (nSPS) is 14.1. The number of hydrogen-bond donors (Lipinski definition) is 2. The molecule has 0 radical (unpaired) electrons. The fourth-order valence-corrected chi connectivity index (χ4v) is 6.46. The second-order valence-electron chi connectivity index (χ2n) is 9.56. The molecule has 164 valence electrons. The first-order valence-electron chi connectivity index (χ1n) is 10.0. The summed E-state index contributed by atoms with van der Waals surface area (Å²) in [6.07, 6.45) is 1.48. The van der Waals surface area contributed by atoms with Crippen LogP contribution in [0.4, 0.5) is 0 Å². The van der Waals surface area contributed by atoms with Gasteiger partial charge >= 0.3 is 183 Å². The quantitative estimate of drug-likeness (QED) is 0.400. The van der Waals surface area contributed by atoms with Crippen molar-refractivity contribution in [3.05, 3.63) is 29.3 Å². The zero-order chi connectivity index (χ0) is 22.5. The zero-order valence-electron chi connectivity index (χ0n) is 19.0. The maximum atomic E-state index is 12.4. The van der Waals surface area contributed by atoms with Gasteiger partial charge in [0, 0.05) is 0 Å². The van der Waals surface area contributed by atoms with Crippen LogP contribution in [0, 0.1) is 0 Å². The van der Waals surface area contributed by atoms with Crippen molar-refractivity contribution in [3.8, 4) is 0 Å². The van der Waals surface area contributed by atoms with Crippen molar-refractivity contribution in [1.82, 2.24) is 15.8 Å². The third-order valence-electron chi connectivity index (χ3n) is 4.23. The minimum absolute atomic E-state index is 0.00166. The van der Waals surface area contributed by atoms with E-state index in [1.807, 2.05) is 31.7 Å². The van der Waals surface area contributed by atoms with Gasteiger partial charge in [0.1, 0.15) is 0 Å². The summed E-state index contributed by atoms with van der Waals surface area (Å²) < 4.78 is 6.78. The van der Waals surface area contributed by atoms with Crippen molar-refractivity contribution >= 4 is 45.9 Å². The van der Waals surface area contributed by atoms with Crippen LogP contribution in [0.3, 0.4) is 0 Å². The number of benzene rings is 1. The van der Waals surface area contributed by atoms with Crippen molar-refractivity contribution in [2.45, 2.75) is 54.7 Å². The molecule has 0 amide bonds. The van der Waals surface area contributed by atoms with Crippen LogP contribution >= 0.6 is 0 Å². The molecule has 9 heteroatoms. The van der Waals surface area contributed by atoms with E-state index in [9.17, 15) is 9.59 Å². The molecule has 1 aromatic rings. The van der Waals surface area contributed by atoms with Crippen LogP contribution in [0.2, 0.25) is 14.8 Å². The van der Waals surface area contributed by atoms with Crippen LogP contribution in [0.15, 0.2) is 28.4 Å². The Hall–Kier alpha value is -1.94. The first-order valence-corrected chi connectivity index (χ1v) is 20.0. The van der Waals surface area contributed by atoms with Gasteiger partial charge in [-0.05, 0) is 0 Å². The number of amidine groups is 1. The number of Topliss-reactive ketones (excluding diaryl/α,β-unsaturated/α-hetero) is 1. The Kier molecular flexibility index (Phi) is 8.04. The first-order chi connectivity index (χ1) is 13.8. The topological polar surface area (TPSA) is 95.4 Å². The number of ether oxygens (including phenoxy) is 1.